The Balaban J connectivity index is 3.50. The van der Waals surface area contributed by atoms with Gasteiger partial charge in [-0.05, 0) is 70.6 Å². The van der Waals surface area contributed by atoms with Crippen LogP contribution in [0, 0.1) is 0 Å². The summed E-state index contributed by atoms with van der Waals surface area (Å²) in [5.41, 5.74) is 0. The third-order valence-corrected chi connectivity index (χ3v) is 13.1. The van der Waals surface area contributed by atoms with Crippen molar-refractivity contribution in [1.29, 1.82) is 0 Å². The van der Waals surface area contributed by atoms with E-state index in [1.165, 1.54) is 218 Å². The number of hydrogen-bond acceptors (Lipinski definition) is 5. The molecule has 0 aromatic heterocycles. The lowest BCUT2D eigenvalue weighted by Crippen LogP contribution is -2.53. The molecule has 5 N–H and O–H groups in total. The minimum absolute atomic E-state index is 0.364. The molecule has 0 fully saturated rings. The van der Waals surface area contributed by atoms with E-state index in [2.05, 4.69) is 55.6 Å². The smallest absolute Gasteiger partial charge is 0.249 e. The largest absolute Gasteiger partial charge is 0.394 e. The number of aliphatic hydroxyl groups excluding tert-OH is 4. The fourth-order valence-corrected chi connectivity index (χ4v) is 8.67. The SMILES string of the molecule is CCCCCC/C=C/CCCC(O)C(O)C(CO)NC(=O)C(O)CCCCCCCCCCCCCCCCCC/C=C\C/C=C\CCCCCCCCCCCCCCCCC. The Bertz CT molecular complexity index is 997. The summed E-state index contributed by atoms with van der Waals surface area (Å²) in [4.78, 5) is 12.5. The fraction of sp³-hybridized carbons (Fsp3) is 0.877. The predicted molar refractivity (Wildman–Crippen MR) is 274 cm³/mol. The van der Waals surface area contributed by atoms with E-state index >= 15 is 0 Å². The van der Waals surface area contributed by atoms with Crippen molar-refractivity contribution in [1.82, 2.24) is 5.32 Å². The third-order valence-electron chi connectivity index (χ3n) is 13.1. The van der Waals surface area contributed by atoms with Crippen LogP contribution in [0.1, 0.15) is 290 Å². The van der Waals surface area contributed by atoms with E-state index in [4.69, 9.17) is 0 Å². The lowest BCUT2D eigenvalue weighted by atomic mass is 10.00. The molecule has 0 saturated heterocycles. The molecule has 0 aliphatic carbocycles. The summed E-state index contributed by atoms with van der Waals surface area (Å²) < 4.78 is 0. The first-order valence-electron chi connectivity index (χ1n) is 27.9. The number of hydrogen-bond donors (Lipinski definition) is 5. The molecule has 63 heavy (non-hydrogen) atoms. The Kier molecular flexibility index (Phi) is 50.3. The van der Waals surface area contributed by atoms with Crippen molar-refractivity contribution < 1.29 is 25.2 Å². The number of unbranched alkanes of at least 4 members (excludes halogenated alkanes) is 36. The van der Waals surface area contributed by atoms with Crippen LogP contribution in [0.4, 0.5) is 0 Å². The van der Waals surface area contributed by atoms with Crippen molar-refractivity contribution in [2.75, 3.05) is 6.61 Å². The third kappa shape index (κ3) is 45.5. The Hall–Kier alpha value is -1.47. The molecule has 0 spiro atoms. The van der Waals surface area contributed by atoms with Crippen LogP contribution in [0.15, 0.2) is 36.5 Å². The lowest BCUT2D eigenvalue weighted by Gasteiger charge is -2.27. The summed E-state index contributed by atoms with van der Waals surface area (Å²) in [7, 11) is 0. The van der Waals surface area contributed by atoms with Crippen molar-refractivity contribution >= 4 is 5.91 Å². The van der Waals surface area contributed by atoms with Gasteiger partial charge in [0.25, 0.3) is 0 Å². The number of carbonyl (C=O) groups is 1. The van der Waals surface area contributed by atoms with Gasteiger partial charge in [-0.3, -0.25) is 4.79 Å². The van der Waals surface area contributed by atoms with E-state index in [0.717, 1.165) is 44.9 Å². The van der Waals surface area contributed by atoms with Gasteiger partial charge in [0.2, 0.25) is 5.91 Å². The van der Waals surface area contributed by atoms with Gasteiger partial charge in [-0.15, -0.1) is 0 Å². The molecule has 6 heteroatoms. The second kappa shape index (κ2) is 51.5. The summed E-state index contributed by atoms with van der Waals surface area (Å²) in [5.74, 6) is -0.594. The van der Waals surface area contributed by atoms with Crippen LogP contribution in [-0.4, -0.2) is 57.3 Å². The molecular weight excluding hydrogens is 779 g/mol. The molecule has 4 atom stereocenters. The minimum atomic E-state index is -1.28. The number of allylic oxidation sites excluding steroid dienone is 6. The van der Waals surface area contributed by atoms with Gasteiger partial charge in [0, 0.05) is 0 Å². The molecule has 372 valence electrons. The monoisotopic (exact) mass is 888 g/mol. The first-order valence-corrected chi connectivity index (χ1v) is 27.9. The Labute approximate surface area is 392 Å². The molecule has 0 bridgehead atoms. The van der Waals surface area contributed by atoms with Gasteiger partial charge >= 0.3 is 0 Å². The number of aliphatic hydroxyl groups is 4. The van der Waals surface area contributed by atoms with Crippen molar-refractivity contribution in [3.05, 3.63) is 36.5 Å². The van der Waals surface area contributed by atoms with E-state index < -0.39 is 36.9 Å². The second-order valence-corrected chi connectivity index (χ2v) is 19.3. The van der Waals surface area contributed by atoms with Crippen molar-refractivity contribution in [3.63, 3.8) is 0 Å². The molecule has 0 saturated carbocycles. The summed E-state index contributed by atoms with van der Waals surface area (Å²) in [5, 5.41) is 43.6. The zero-order valence-electron chi connectivity index (χ0n) is 42.1. The molecular formula is C57H109NO5. The van der Waals surface area contributed by atoms with Crippen LogP contribution in [-0.2, 0) is 4.79 Å². The van der Waals surface area contributed by atoms with E-state index in [1.54, 1.807) is 0 Å². The van der Waals surface area contributed by atoms with E-state index in [-0.39, 0.29) is 0 Å². The molecule has 4 unspecified atom stereocenters. The lowest BCUT2D eigenvalue weighted by molar-refractivity contribution is -0.132. The average molecular weight is 889 g/mol. The maximum absolute atomic E-state index is 12.5. The van der Waals surface area contributed by atoms with Gasteiger partial charge in [0.05, 0.1) is 18.8 Å². The molecule has 0 aliphatic rings. The summed E-state index contributed by atoms with van der Waals surface area (Å²) in [6.45, 7) is 4.01. The standard InChI is InChI=1S/C57H109NO5/c1-3-5-7-9-11-13-14-15-16-17-18-19-20-21-22-23-24-25-26-27-28-29-30-31-32-33-34-35-36-37-38-39-40-41-43-45-47-49-51-55(61)57(63)58-53(52-59)56(62)54(60)50-48-46-44-42-12-10-8-6-4-2/h24-25,27-28,42,44,53-56,59-62H,3-23,26,29-41,43,45-52H2,1-2H3,(H,58,63)/b25-24-,28-27-,44-42+. The zero-order chi connectivity index (χ0) is 45.9. The van der Waals surface area contributed by atoms with Gasteiger partial charge in [-0.2, -0.15) is 0 Å². The first kappa shape index (κ1) is 61.5. The average Bonchev–Trinajstić information content (AvgIpc) is 3.29. The van der Waals surface area contributed by atoms with Crippen LogP contribution in [0.25, 0.3) is 0 Å². The number of nitrogens with one attached hydrogen (secondary N) is 1. The van der Waals surface area contributed by atoms with Crippen molar-refractivity contribution in [2.45, 2.75) is 314 Å². The molecule has 0 radical (unpaired) electrons. The maximum atomic E-state index is 12.5. The predicted octanol–water partition coefficient (Wildman–Crippen LogP) is 16.0. The molecule has 0 heterocycles. The summed E-state index contributed by atoms with van der Waals surface area (Å²) in [6, 6.07) is -1.000. The molecule has 0 aromatic rings. The minimum Gasteiger partial charge on any atom is -0.394 e. The highest BCUT2D eigenvalue weighted by molar-refractivity contribution is 5.80. The van der Waals surface area contributed by atoms with Gasteiger partial charge in [-0.1, -0.05) is 256 Å². The van der Waals surface area contributed by atoms with Crippen molar-refractivity contribution in [2.24, 2.45) is 0 Å². The summed E-state index contributed by atoms with van der Waals surface area (Å²) in [6.07, 6.45) is 64.0. The maximum Gasteiger partial charge on any atom is 0.249 e. The van der Waals surface area contributed by atoms with Gasteiger partial charge in [0.15, 0.2) is 0 Å². The van der Waals surface area contributed by atoms with Crippen LogP contribution >= 0.6 is 0 Å². The topological polar surface area (TPSA) is 110 Å². The Morgan fingerprint density at radius 3 is 1.06 bits per heavy atom. The summed E-state index contributed by atoms with van der Waals surface area (Å²) >= 11 is 0. The van der Waals surface area contributed by atoms with Gasteiger partial charge in [0.1, 0.15) is 12.2 Å². The number of rotatable bonds is 51. The molecule has 0 aromatic carbocycles. The van der Waals surface area contributed by atoms with Crippen LogP contribution in [0.5, 0.6) is 0 Å². The first-order chi connectivity index (χ1) is 31.0. The Morgan fingerprint density at radius 2 is 0.698 bits per heavy atom. The van der Waals surface area contributed by atoms with Gasteiger partial charge < -0.3 is 25.7 Å². The van der Waals surface area contributed by atoms with E-state index in [0.29, 0.717) is 12.8 Å². The molecule has 0 rings (SSSR count). The van der Waals surface area contributed by atoms with Crippen LogP contribution < -0.4 is 5.32 Å². The highest BCUT2D eigenvalue weighted by Gasteiger charge is 2.28. The number of amides is 1. The van der Waals surface area contributed by atoms with Crippen LogP contribution in [0.2, 0.25) is 0 Å². The van der Waals surface area contributed by atoms with E-state index in [1.807, 2.05) is 0 Å². The normalized spacial score (nSPS) is 14.1. The molecule has 6 nitrogen and oxygen atoms in total. The highest BCUT2D eigenvalue weighted by Crippen LogP contribution is 2.17. The fourth-order valence-electron chi connectivity index (χ4n) is 8.67. The Morgan fingerprint density at radius 1 is 0.397 bits per heavy atom. The zero-order valence-corrected chi connectivity index (χ0v) is 42.1. The molecule has 1 amide bonds. The van der Waals surface area contributed by atoms with E-state index in [9.17, 15) is 25.2 Å². The quantitative estimate of drug-likeness (QED) is 0.0309. The number of carbonyl (C=O) groups excluding carboxylic acids is 1. The highest BCUT2D eigenvalue weighted by atomic mass is 16.3. The van der Waals surface area contributed by atoms with Gasteiger partial charge in [-0.25, -0.2) is 0 Å². The van der Waals surface area contributed by atoms with Crippen molar-refractivity contribution in [3.8, 4) is 0 Å². The van der Waals surface area contributed by atoms with Crippen LogP contribution in [0.3, 0.4) is 0 Å². The molecule has 0 aliphatic heterocycles. The second-order valence-electron chi connectivity index (χ2n) is 19.3.